The molecule has 0 spiro atoms. The van der Waals surface area contributed by atoms with Crippen LogP contribution in [0.4, 0.5) is 4.79 Å². The summed E-state index contributed by atoms with van der Waals surface area (Å²) in [6.45, 7) is 12.0. The summed E-state index contributed by atoms with van der Waals surface area (Å²) < 4.78 is 5.24. The molecule has 1 aliphatic heterocycles. The van der Waals surface area contributed by atoms with Crippen molar-refractivity contribution < 1.29 is 14.3 Å². The maximum atomic E-state index is 12.8. The lowest BCUT2D eigenvalue weighted by atomic mass is 9.99. The molecule has 2 rings (SSSR count). The van der Waals surface area contributed by atoms with Crippen LogP contribution in [0.15, 0.2) is 18.2 Å². The highest BCUT2D eigenvalue weighted by molar-refractivity contribution is 5.86. The van der Waals surface area contributed by atoms with E-state index in [0.717, 1.165) is 19.4 Å². The maximum absolute atomic E-state index is 12.8. The lowest BCUT2D eigenvalue weighted by Crippen LogP contribution is -2.47. The third-order valence-electron chi connectivity index (χ3n) is 4.56. The molecule has 0 saturated carbocycles. The highest BCUT2D eigenvalue weighted by Gasteiger charge is 2.33. The number of nitrogens with zero attached hydrogens (tertiary/aromatic N) is 1. The van der Waals surface area contributed by atoms with Crippen LogP contribution >= 0.6 is 0 Å². The van der Waals surface area contributed by atoms with Crippen LogP contribution in [0.3, 0.4) is 0 Å². The van der Waals surface area contributed by atoms with Gasteiger partial charge < -0.3 is 15.0 Å². The molecule has 0 bridgehead atoms. The predicted molar refractivity (Wildman–Crippen MR) is 98.4 cm³/mol. The molecule has 138 valence electrons. The maximum Gasteiger partial charge on any atom is 0.408 e. The summed E-state index contributed by atoms with van der Waals surface area (Å²) in [5.41, 5.74) is 3.07. The SMILES string of the molecule is Cc1ccc(C2CCCN2C(=O)C(C)NC(=O)OC(C)(C)C)cc1C. The van der Waals surface area contributed by atoms with Gasteiger partial charge >= 0.3 is 6.09 Å². The summed E-state index contributed by atoms with van der Waals surface area (Å²) in [5.74, 6) is -0.0633. The molecule has 2 atom stereocenters. The highest BCUT2D eigenvalue weighted by atomic mass is 16.6. The summed E-state index contributed by atoms with van der Waals surface area (Å²) in [4.78, 5) is 26.6. The Bertz CT molecular complexity index is 649. The Balaban J connectivity index is 2.06. The van der Waals surface area contributed by atoms with E-state index in [9.17, 15) is 9.59 Å². The normalized spacial score (nSPS) is 18.8. The summed E-state index contributed by atoms with van der Waals surface area (Å²) in [6, 6.07) is 5.84. The Hall–Kier alpha value is -2.04. The molecule has 25 heavy (non-hydrogen) atoms. The van der Waals surface area contributed by atoms with E-state index in [4.69, 9.17) is 4.74 Å². The minimum absolute atomic E-state index is 0.0633. The Morgan fingerprint density at radius 2 is 1.92 bits per heavy atom. The fourth-order valence-electron chi connectivity index (χ4n) is 3.14. The molecular formula is C20H30N2O3. The van der Waals surface area contributed by atoms with E-state index in [0.29, 0.717) is 0 Å². The molecule has 0 aromatic heterocycles. The standard InChI is InChI=1S/C20H30N2O3/c1-13-9-10-16(12-14(13)2)17-8-7-11-22(17)18(23)15(3)21-19(24)25-20(4,5)6/h9-10,12,15,17H,7-8,11H2,1-6H3,(H,21,24). The quantitative estimate of drug-likeness (QED) is 0.903. The van der Waals surface area contributed by atoms with Crippen molar-refractivity contribution in [1.29, 1.82) is 0 Å². The van der Waals surface area contributed by atoms with Crippen LogP contribution in [0.2, 0.25) is 0 Å². The van der Waals surface area contributed by atoms with Crippen LogP contribution in [0.25, 0.3) is 0 Å². The van der Waals surface area contributed by atoms with Crippen molar-refractivity contribution >= 4 is 12.0 Å². The van der Waals surface area contributed by atoms with Gasteiger partial charge in [-0.1, -0.05) is 18.2 Å². The van der Waals surface area contributed by atoms with Gasteiger partial charge in [-0.25, -0.2) is 4.79 Å². The molecule has 0 aliphatic carbocycles. The smallest absolute Gasteiger partial charge is 0.408 e. The van der Waals surface area contributed by atoms with E-state index >= 15 is 0 Å². The molecule has 1 N–H and O–H groups in total. The first-order chi connectivity index (χ1) is 11.6. The van der Waals surface area contributed by atoms with Crippen molar-refractivity contribution in [3.05, 3.63) is 34.9 Å². The number of ether oxygens (including phenoxy) is 1. The number of hydrogen-bond acceptors (Lipinski definition) is 3. The summed E-state index contributed by atoms with van der Waals surface area (Å²) in [6.07, 6.45) is 1.37. The number of rotatable bonds is 3. The second-order valence-corrected chi connectivity index (χ2v) is 7.90. The Labute approximate surface area is 150 Å². The van der Waals surface area contributed by atoms with Gasteiger partial charge in [0.05, 0.1) is 6.04 Å². The van der Waals surface area contributed by atoms with Gasteiger partial charge in [-0.2, -0.15) is 0 Å². The van der Waals surface area contributed by atoms with Gasteiger partial charge in [-0.15, -0.1) is 0 Å². The van der Waals surface area contributed by atoms with Crippen LogP contribution < -0.4 is 5.32 Å². The molecule has 1 aromatic rings. The molecule has 5 nitrogen and oxygen atoms in total. The topological polar surface area (TPSA) is 58.6 Å². The number of amides is 2. The van der Waals surface area contributed by atoms with Crippen LogP contribution in [0, 0.1) is 13.8 Å². The van der Waals surface area contributed by atoms with Crippen LogP contribution in [0.5, 0.6) is 0 Å². The predicted octanol–water partition coefficient (Wildman–Crippen LogP) is 3.88. The monoisotopic (exact) mass is 346 g/mol. The molecule has 1 saturated heterocycles. The zero-order chi connectivity index (χ0) is 18.8. The van der Waals surface area contributed by atoms with E-state index < -0.39 is 17.7 Å². The van der Waals surface area contributed by atoms with Crippen molar-refractivity contribution in [1.82, 2.24) is 10.2 Å². The fourth-order valence-corrected chi connectivity index (χ4v) is 3.14. The minimum Gasteiger partial charge on any atom is -0.444 e. The van der Waals surface area contributed by atoms with E-state index in [1.54, 1.807) is 27.7 Å². The third-order valence-corrected chi connectivity index (χ3v) is 4.56. The number of benzene rings is 1. The lowest BCUT2D eigenvalue weighted by molar-refractivity contribution is -0.134. The number of likely N-dealkylation sites (tertiary alicyclic amines) is 1. The van der Waals surface area contributed by atoms with Crippen molar-refractivity contribution in [3.63, 3.8) is 0 Å². The Morgan fingerprint density at radius 3 is 2.52 bits per heavy atom. The van der Waals surface area contributed by atoms with Crippen molar-refractivity contribution in [3.8, 4) is 0 Å². The third kappa shape index (κ3) is 4.97. The lowest BCUT2D eigenvalue weighted by Gasteiger charge is -2.29. The van der Waals surface area contributed by atoms with Crippen LogP contribution in [-0.4, -0.2) is 35.1 Å². The summed E-state index contributed by atoms with van der Waals surface area (Å²) >= 11 is 0. The van der Waals surface area contributed by atoms with Gasteiger partial charge in [0.15, 0.2) is 0 Å². The fraction of sp³-hybridized carbons (Fsp3) is 0.600. The molecule has 2 unspecified atom stereocenters. The first kappa shape index (κ1) is 19.3. The van der Waals surface area contributed by atoms with Gasteiger partial charge in [-0.05, 0) is 71.1 Å². The molecule has 1 aromatic carbocycles. The van der Waals surface area contributed by atoms with Gasteiger partial charge in [-0.3, -0.25) is 4.79 Å². The molecule has 1 heterocycles. The number of alkyl carbamates (subject to hydrolysis) is 1. The van der Waals surface area contributed by atoms with Crippen molar-refractivity contribution in [2.45, 2.75) is 72.1 Å². The minimum atomic E-state index is -0.609. The number of aryl methyl sites for hydroxylation is 2. The zero-order valence-corrected chi connectivity index (χ0v) is 16.2. The van der Waals surface area contributed by atoms with E-state index in [2.05, 4.69) is 37.4 Å². The van der Waals surface area contributed by atoms with E-state index in [1.165, 1.54) is 16.7 Å². The van der Waals surface area contributed by atoms with Crippen LogP contribution in [-0.2, 0) is 9.53 Å². The zero-order valence-electron chi connectivity index (χ0n) is 16.2. The number of carbonyl (C=O) groups is 2. The molecular weight excluding hydrogens is 316 g/mol. The molecule has 1 fully saturated rings. The first-order valence-corrected chi connectivity index (χ1v) is 8.95. The summed E-state index contributed by atoms with van der Waals surface area (Å²) in [5, 5.41) is 2.65. The second-order valence-electron chi connectivity index (χ2n) is 7.90. The van der Waals surface area contributed by atoms with Crippen molar-refractivity contribution in [2.75, 3.05) is 6.54 Å². The number of hydrogen-bond donors (Lipinski definition) is 1. The Kier molecular flexibility index (Phi) is 5.76. The van der Waals surface area contributed by atoms with E-state index in [1.807, 2.05) is 4.90 Å². The van der Waals surface area contributed by atoms with Gasteiger partial charge in [0.1, 0.15) is 11.6 Å². The number of nitrogens with one attached hydrogen (secondary N) is 1. The summed E-state index contributed by atoms with van der Waals surface area (Å²) in [7, 11) is 0. The first-order valence-electron chi connectivity index (χ1n) is 8.95. The molecule has 5 heteroatoms. The van der Waals surface area contributed by atoms with Gasteiger partial charge in [0.25, 0.3) is 0 Å². The molecule has 1 aliphatic rings. The largest absolute Gasteiger partial charge is 0.444 e. The molecule has 2 amide bonds. The average Bonchev–Trinajstić information content (AvgIpc) is 2.96. The Morgan fingerprint density at radius 1 is 1.24 bits per heavy atom. The average molecular weight is 346 g/mol. The highest BCUT2D eigenvalue weighted by Crippen LogP contribution is 2.33. The van der Waals surface area contributed by atoms with E-state index in [-0.39, 0.29) is 11.9 Å². The van der Waals surface area contributed by atoms with Gasteiger partial charge in [0, 0.05) is 6.54 Å². The van der Waals surface area contributed by atoms with Gasteiger partial charge in [0.2, 0.25) is 5.91 Å². The van der Waals surface area contributed by atoms with Crippen LogP contribution in [0.1, 0.15) is 63.3 Å². The van der Waals surface area contributed by atoms with Crippen molar-refractivity contribution in [2.24, 2.45) is 0 Å². The molecule has 0 radical (unpaired) electrons. The second kappa shape index (κ2) is 7.46. The number of carbonyl (C=O) groups excluding carboxylic acids is 2.